The summed E-state index contributed by atoms with van der Waals surface area (Å²) >= 11 is 0. The maximum atomic E-state index is 13.3. The van der Waals surface area contributed by atoms with Gasteiger partial charge in [-0.15, -0.1) is 0 Å². The fraction of sp³-hybridized carbons (Fsp3) is 0.381. The van der Waals surface area contributed by atoms with E-state index < -0.39 is 16.1 Å². The highest BCUT2D eigenvalue weighted by atomic mass is 32.2. The smallest absolute Gasteiger partial charge is 0.244 e. The van der Waals surface area contributed by atoms with Gasteiger partial charge in [0.15, 0.2) is 11.5 Å². The Bertz CT molecular complexity index is 1040. The third-order valence-electron chi connectivity index (χ3n) is 5.14. The second kappa shape index (κ2) is 8.93. The topological polar surface area (TPSA) is 94.2 Å². The van der Waals surface area contributed by atoms with Crippen molar-refractivity contribution in [1.29, 1.82) is 0 Å². The number of carbonyl (C=O) groups excluding carboxylic acids is 1. The fourth-order valence-corrected chi connectivity index (χ4v) is 5.44. The highest BCUT2D eigenvalue weighted by Gasteiger charge is 2.40. The highest BCUT2D eigenvalue weighted by molar-refractivity contribution is 7.89. The molecule has 8 nitrogen and oxygen atoms in total. The molecule has 2 aromatic rings. The maximum Gasteiger partial charge on any atom is 0.244 e. The molecule has 0 spiro atoms. The summed E-state index contributed by atoms with van der Waals surface area (Å²) in [6.45, 7) is 2.00. The van der Waals surface area contributed by atoms with Gasteiger partial charge in [0.2, 0.25) is 15.9 Å². The Labute approximate surface area is 176 Å². The van der Waals surface area contributed by atoms with E-state index in [0.29, 0.717) is 41.3 Å². The second-order valence-corrected chi connectivity index (χ2v) is 8.82. The molecule has 1 amide bonds. The largest absolute Gasteiger partial charge is 0.497 e. The van der Waals surface area contributed by atoms with Crippen LogP contribution in [-0.2, 0) is 14.8 Å². The zero-order chi connectivity index (χ0) is 21.9. The average molecular weight is 435 g/mol. The highest BCUT2D eigenvalue weighted by Crippen LogP contribution is 2.32. The molecule has 1 heterocycles. The van der Waals surface area contributed by atoms with Crippen LogP contribution in [0.3, 0.4) is 0 Å². The summed E-state index contributed by atoms with van der Waals surface area (Å²) in [4.78, 5) is 13.1. The molecule has 2 aromatic carbocycles. The first-order valence-electron chi connectivity index (χ1n) is 9.51. The molecule has 1 unspecified atom stereocenters. The van der Waals surface area contributed by atoms with E-state index in [2.05, 4.69) is 5.32 Å². The average Bonchev–Trinajstić information content (AvgIpc) is 3.25. The van der Waals surface area contributed by atoms with Crippen LogP contribution in [0.5, 0.6) is 17.2 Å². The van der Waals surface area contributed by atoms with E-state index in [0.717, 1.165) is 0 Å². The molecule has 1 saturated heterocycles. The lowest BCUT2D eigenvalue weighted by atomic mass is 10.2. The first-order chi connectivity index (χ1) is 14.3. The molecule has 0 radical (unpaired) electrons. The molecule has 162 valence electrons. The monoisotopic (exact) mass is 434 g/mol. The Morgan fingerprint density at radius 2 is 1.77 bits per heavy atom. The zero-order valence-electron chi connectivity index (χ0n) is 17.5. The van der Waals surface area contributed by atoms with E-state index in [1.54, 1.807) is 37.3 Å². The number of rotatable bonds is 7. The second-order valence-electron chi connectivity index (χ2n) is 6.96. The number of ether oxygens (including phenoxy) is 3. The van der Waals surface area contributed by atoms with Gasteiger partial charge in [0, 0.05) is 24.4 Å². The van der Waals surface area contributed by atoms with E-state index in [9.17, 15) is 13.2 Å². The third-order valence-corrected chi connectivity index (χ3v) is 7.19. The quantitative estimate of drug-likeness (QED) is 0.720. The predicted octanol–water partition coefficient (Wildman–Crippen LogP) is 2.81. The summed E-state index contributed by atoms with van der Waals surface area (Å²) in [5.41, 5.74) is 1.10. The van der Waals surface area contributed by atoms with E-state index >= 15 is 0 Å². The van der Waals surface area contributed by atoms with E-state index in [4.69, 9.17) is 14.2 Å². The van der Waals surface area contributed by atoms with Crippen LogP contribution < -0.4 is 19.5 Å². The van der Waals surface area contributed by atoms with Crippen LogP contribution in [0, 0.1) is 6.92 Å². The summed E-state index contributed by atoms with van der Waals surface area (Å²) in [5.74, 6) is 1.07. The van der Waals surface area contributed by atoms with Gasteiger partial charge in [0.25, 0.3) is 0 Å². The summed E-state index contributed by atoms with van der Waals surface area (Å²) in [6, 6.07) is 9.09. The minimum Gasteiger partial charge on any atom is -0.497 e. The molecule has 0 aromatic heterocycles. The zero-order valence-corrected chi connectivity index (χ0v) is 18.3. The molecule has 1 fully saturated rings. The summed E-state index contributed by atoms with van der Waals surface area (Å²) in [5, 5.41) is 2.80. The van der Waals surface area contributed by atoms with Crippen molar-refractivity contribution in [3.63, 3.8) is 0 Å². The minimum atomic E-state index is -3.86. The summed E-state index contributed by atoms with van der Waals surface area (Å²) < 4.78 is 43.6. The van der Waals surface area contributed by atoms with Crippen molar-refractivity contribution in [1.82, 2.24) is 4.31 Å². The van der Waals surface area contributed by atoms with Gasteiger partial charge in [0.1, 0.15) is 11.8 Å². The number of sulfonamides is 1. The number of benzene rings is 2. The molecule has 1 aliphatic heterocycles. The van der Waals surface area contributed by atoms with E-state index in [-0.39, 0.29) is 17.3 Å². The van der Waals surface area contributed by atoms with Crippen LogP contribution in [0.1, 0.15) is 18.4 Å². The fourth-order valence-electron chi connectivity index (χ4n) is 3.54. The van der Waals surface area contributed by atoms with Gasteiger partial charge in [-0.05, 0) is 43.5 Å². The first kappa shape index (κ1) is 21.9. The van der Waals surface area contributed by atoms with Gasteiger partial charge in [-0.25, -0.2) is 8.42 Å². The number of nitrogens with one attached hydrogen (secondary N) is 1. The van der Waals surface area contributed by atoms with Gasteiger partial charge in [-0.1, -0.05) is 6.07 Å². The summed E-state index contributed by atoms with van der Waals surface area (Å²) in [6.07, 6.45) is 1.05. The normalized spacial score (nSPS) is 16.9. The number of hydrogen-bond donors (Lipinski definition) is 1. The van der Waals surface area contributed by atoms with Crippen molar-refractivity contribution < 1.29 is 27.4 Å². The molecule has 1 aliphatic rings. The number of amides is 1. The number of hydrogen-bond acceptors (Lipinski definition) is 6. The maximum absolute atomic E-state index is 13.3. The van der Waals surface area contributed by atoms with E-state index in [1.807, 2.05) is 0 Å². The number of methoxy groups -OCH3 is 3. The number of nitrogens with zero attached hydrogens (tertiary/aromatic N) is 1. The Hall–Kier alpha value is -2.78. The van der Waals surface area contributed by atoms with Crippen molar-refractivity contribution in [2.75, 3.05) is 33.2 Å². The standard InChI is InChI=1S/C21H26N2O6S/c1-14-7-9-16(27-2)13-20(14)30(25,26)23-11-5-6-17(23)21(24)22-15-8-10-18(28-3)19(12-15)29-4/h7-10,12-13,17H,5-6,11H2,1-4H3,(H,22,24). The van der Waals surface area contributed by atoms with Gasteiger partial charge in [-0.2, -0.15) is 4.31 Å². The SMILES string of the molecule is COc1ccc(C)c(S(=O)(=O)N2CCCC2C(=O)Nc2ccc(OC)c(OC)c2)c1. The Kier molecular flexibility index (Phi) is 6.52. The molecular formula is C21H26N2O6S. The lowest BCUT2D eigenvalue weighted by Gasteiger charge is -2.24. The van der Waals surface area contributed by atoms with Gasteiger partial charge >= 0.3 is 0 Å². The Morgan fingerprint density at radius 3 is 2.43 bits per heavy atom. The van der Waals surface area contributed by atoms with Crippen molar-refractivity contribution in [3.8, 4) is 17.2 Å². The molecular weight excluding hydrogens is 408 g/mol. The van der Waals surface area contributed by atoms with Crippen LogP contribution >= 0.6 is 0 Å². The van der Waals surface area contributed by atoms with Crippen molar-refractivity contribution in [2.24, 2.45) is 0 Å². The Morgan fingerprint density at radius 1 is 1.03 bits per heavy atom. The number of carbonyl (C=O) groups is 1. The van der Waals surface area contributed by atoms with Gasteiger partial charge < -0.3 is 19.5 Å². The molecule has 0 aliphatic carbocycles. The van der Waals surface area contributed by atoms with Crippen LogP contribution in [-0.4, -0.2) is 52.5 Å². The number of aryl methyl sites for hydroxylation is 1. The molecule has 9 heteroatoms. The first-order valence-corrected chi connectivity index (χ1v) is 10.9. The van der Waals surface area contributed by atoms with Crippen LogP contribution in [0.25, 0.3) is 0 Å². The van der Waals surface area contributed by atoms with Gasteiger partial charge in [-0.3, -0.25) is 4.79 Å². The lowest BCUT2D eigenvalue weighted by Crippen LogP contribution is -2.43. The third kappa shape index (κ3) is 4.22. The summed E-state index contributed by atoms with van der Waals surface area (Å²) in [7, 11) is 0.649. The molecule has 0 saturated carbocycles. The molecule has 30 heavy (non-hydrogen) atoms. The van der Waals surface area contributed by atoms with Crippen molar-refractivity contribution in [2.45, 2.75) is 30.7 Å². The van der Waals surface area contributed by atoms with Crippen LogP contribution in [0.4, 0.5) is 5.69 Å². The van der Waals surface area contributed by atoms with Crippen molar-refractivity contribution in [3.05, 3.63) is 42.0 Å². The van der Waals surface area contributed by atoms with Crippen LogP contribution in [0.2, 0.25) is 0 Å². The van der Waals surface area contributed by atoms with Crippen molar-refractivity contribution >= 4 is 21.6 Å². The van der Waals surface area contributed by atoms with Crippen LogP contribution in [0.15, 0.2) is 41.3 Å². The predicted molar refractivity (Wildman–Crippen MR) is 113 cm³/mol. The minimum absolute atomic E-state index is 0.146. The molecule has 1 N–H and O–H groups in total. The molecule has 3 rings (SSSR count). The van der Waals surface area contributed by atoms with E-state index in [1.165, 1.54) is 31.7 Å². The number of anilines is 1. The molecule has 1 atom stereocenters. The van der Waals surface area contributed by atoms with Gasteiger partial charge in [0.05, 0.1) is 26.2 Å². The lowest BCUT2D eigenvalue weighted by molar-refractivity contribution is -0.119. The molecule has 0 bridgehead atoms. The Balaban J connectivity index is 1.85.